The zero-order valence-corrected chi connectivity index (χ0v) is 13.1. The Morgan fingerprint density at radius 1 is 1.10 bits per heavy atom. The summed E-state index contributed by atoms with van der Waals surface area (Å²) in [4.78, 5) is 23.0. The molecular weight excluding hydrogens is 276 g/mol. The lowest BCUT2D eigenvalue weighted by Gasteiger charge is -2.33. The number of esters is 2. The van der Waals surface area contributed by atoms with E-state index in [1.54, 1.807) is 7.11 Å². The van der Waals surface area contributed by atoms with Crippen LogP contribution in [0.2, 0.25) is 0 Å². The first-order valence-electron chi connectivity index (χ1n) is 7.62. The van der Waals surface area contributed by atoms with Crippen LogP contribution < -0.4 is 0 Å². The molecule has 1 aliphatic heterocycles. The van der Waals surface area contributed by atoms with E-state index in [2.05, 4.69) is 0 Å². The molecule has 1 aliphatic rings. The summed E-state index contributed by atoms with van der Waals surface area (Å²) in [6, 6.07) is 0. The van der Waals surface area contributed by atoms with Gasteiger partial charge in [0, 0.05) is 32.8 Å². The molecule has 122 valence electrons. The molecule has 0 spiro atoms. The van der Waals surface area contributed by atoms with Gasteiger partial charge in [-0.05, 0) is 12.8 Å². The second kappa shape index (κ2) is 9.73. The van der Waals surface area contributed by atoms with Crippen molar-refractivity contribution >= 4 is 11.9 Å². The molecule has 0 saturated carbocycles. The van der Waals surface area contributed by atoms with Crippen LogP contribution >= 0.6 is 0 Å². The Morgan fingerprint density at radius 3 is 2.38 bits per heavy atom. The van der Waals surface area contributed by atoms with Gasteiger partial charge in [0.05, 0.1) is 6.10 Å². The lowest BCUT2D eigenvalue weighted by Crippen LogP contribution is -2.41. The van der Waals surface area contributed by atoms with Crippen molar-refractivity contribution in [1.29, 1.82) is 0 Å². The molecule has 1 saturated heterocycles. The van der Waals surface area contributed by atoms with Crippen LogP contribution in [0.5, 0.6) is 0 Å². The Balaban J connectivity index is 2.44. The Morgan fingerprint density at radius 2 is 1.76 bits per heavy atom. The standard InChI is InChI=1S/C15H26O6/c1-4-6-13(16)19-10-12-8-11(9-15(18-3)21-12)20-14(17)7-5-2/h11-12,15H,4-10H2,1-3H3. The van der Waals surface area contributed by atoms with E-state index in [0.717, 1.165) is 12.8 Å². The first-order valence-corrected chi connectivity index (χ1v) is 7.62. The van der Waals surface area contributed by atoms with E-state index in [4.69, 9.17) is 18.9 Å². The third-order valence-electron chi connectivity index (χ3n) is 3.22. The molecule has 0 aliphatic carbocycles. The maximum atomic E-state index is 11.6. The number of hydrogen-bond donors (Lipinski definition) is 0. The lowest BCUT2D eigenvalue weighted by atomic mass is 10.1. The van der Waals surface area contributed by atoms with Gasteiger partial charge in [0.15, 0.2) is 6.29 Å². The number of hydrogen-bond acceptors (Lipinski definition) is 6. The van der Waals surface area contributed by atoms with Crippen LogP contribution in [0, 0.1) is 0 Å². The molecule has 0 amide bonds. The van der Waals surface area contributed by atoms with Gasteiger partial charge in [-0.1, -0.05) is 13.8 Å². The molecule has 0 aromatic heterocycles. The first-order chi connectivity index (χ1) is 10.1. The maximum Gasteiger partial charge on any atom is 0.306 e. The molecule has 1 heterocycles. The molecule has 21 heavy (non-hydrogen) atoms. The van der Waals surface area contributed by atoms with Crippen LogP contribution in [0.25, 0.3) is 0 Å². The Labute approximate surface area is 126 Å². The van der Waals surface area contributed by atoms with Gasteiger partial charge in [-0.25, -0.2) is 0 Å². The van der Waals surface area contributed by atoms with Gasteiger partial charge in [0.1, 0.15) is 12.7 Å². The predicted octanol–water partition coefficient (Wildman–Crippen LogP) is 2.19. The predicted molar refractivity (Wildman–Crippen MR) is 75.6 cm³/mol. The molecule has 3 unspecified atom stereocenters. The normalized spacial score (nSPS) is 25.4. The largest absolute Gasteiger partial charge is 0.463 e. The zero-order valence-electron chi connectivity index (χ0n) is 13.1. The van der Waals surface area contributed by atoms with Gasteiger partial charge in [-0.2, -0.15) is 0 Å². The second-order valence-corrected chi connectivity index (χ2v) is 5.19. The first kappa shape index (κ1) is 17.9. The third kappa shape index (κ3) is 6.91. The Bertz CT molecular complexity index is 330. The molecule has 0 radical (unpaired) electrons. The Kier molecular flexibility index (Phi) is 8.30. The number of carbonyl (C=O) groups is 2. The Hall–Kier alpha value is -1.14. The van der Waals surface area contributed by atoms with E-state index >= 15 is 0 Å². The smallest absolute Gasteiger partial charge is 0.306 e. The van der Waals surface area contributed by atoms with Crippen molar-refractivity contribution in [2.75, 3.05) is 13.7 Å². The molecule has 1 rings (SSSR count). The fourth-order valence-electron chi connectivity index (χ4n) is 2.20. The average Bonchev–Trinajstić information content (AvgIpc) is 2.45. The van der Waals surface area contributed by atoms with Crippen LogP contribution in [-0.2, 0) is 28.5 Å². The van der Waals surface area contributed by atoms with Crippen LogP contribution in [0.3, 0.4) is 0 Å². The van der Waals surface area contributed by atoms with E-state index in [9.17, 15) is 9.59 Å². The number of ether oxygens (including phenoxy) is 4. The minimum Gasteiger partial charge on any atom is -0.463 e. The molecule has 6 nitrogen and oxygen atoms in total. The molecule has 0 bridgehead atoms. The second-order valence-electron chi connectivity index (χ2n) is 5.19. The minimum atomic E-state index is -0.437. The van der Waals surface area contributed by atoms with Crippen molar-refractivity contribution in [3.8, 4) is 0 Å². The van der Waals surface area contributed by atoms with Crippen molar-refractivity contribution in [2.45, 2.75) is 70.9 Å². The van der Waals surface area contributed by atoms with Crippen molar-refractivity contribution in [1.82, 2.24) is 0 Å². The van der Waals surface area contributed by atoms with E-state index in [0.29, 0.717) is 25.7 Å². The van der Waals surface area contributed by atoms with Crippen molar-refractivity contribution in [3.05, 3.63) is 0 Å². The van der Waals surface area contributed by atoms with Crippen LogP contribution in [-0.4, -0.2) is 44.2 Å². The molecule has 1 fully saturated rings. The number of methoxy groups -OCH3 is 1. The van der Waals surface area contributed by atoms with Crippen LogP contribution in [0.4, 0.5) is 0 Å². The quantitative estimate of drug-likeness (QED) is 0.640. The highest BCUT2D eigenvalue weighted by Gasteiger charge is 2.32. The highest BCUT2D eigenvalue weighted by molar-refractivity contribution is 5.69. The molecule has 0 aromatic rings. The summed E-state index contributed by atoms with van der Waals surface area (Å²) < 4.78 is 21.4. The van der Waals surface area contributed by atoms with Gasteiger partial charge >= 0.3 is 11.9 Å². The minimum absolute atomic E-state index is 0.167. The van der Waals surface area contributed by atoms with E-state index in [1.807, 2.05) is 13.8 Å². The van der Waals surface area contributed by atoms with E-state index < -0.39 is 6.29 Å². The van der Waals surface area contributed by atoms with Crippen molar-refractivity contribution in [3.63, 3.8) is 0 Å². The van der Waals surface area contributed by atoms with Crippen molar-refractivity contribution < 1.29 is 28.5 Å². The molecule has 0 N–H and O–H groups in total. The number of rotatable bonds is 8. The van der Waals surface area contributed by atoms with Gasteiger partial charge in [-0.15, -0.1) is 0 Å². The molecular formula is C15H26O6. The highest BCUT2D eigenvalue weighted by atomic mass is 16.7. The highest BCUT2D eigenvalue weighted by Crippen LogP contribution is 2.23. The molecule has 0 aromatic carbocycles. The maximum absolute atomic E-state index is 11.6. The lowest BCUT2D eigenvalue weighted by molar-refractivity contribution is -0.221. The van der Waals surface area contributed by atoms with Gasteiger partial charge in [0.2, 0.25) is 0 Å². The summed E-state index contributed by atoms with van der Waals surface area (Å²) in [7, 11) is 1.54. The topological polar surface area (TPSA) is 71.1 Å². The van der Waals surface area contributed by atoms with Gasteiger partial charge < -0.3 is 18.9 Å². The fourth-order valence-corrected chi connectivity index (χ4v) is 2.20. The van der Waals surface area contributed by atoms with Crippen LogP contribution in [0.1, 0.15) is 52.4 Å². The van der Waals surface area contributed by atoms with E-state index in [1.165, 1.54) is 0 Å². The van der Waals surface area contributed by atoms with Gasteiger partial charge in [0.25, 0.3) is 0 Å². The summed E-state index contributed by atoms with van der Waals surface area (Å²) in [5.41, 5.74) is 0. The zero-order chi connectivity index (χ0) is 15.7. The molecule has 6 heteroatoms. The summed E-state index contributed by atoms with van der Waals surface area (Å²) >= 11 is 0. The summed E-state index contributed by atoms with van der Waals surface area (Å²) in [5, 5.41) is 0. The monoisotopic (exact) mass is 302 g/mol. The fraction of sp³-hybridized carbons (Fsp3) is 0.867. The van der Waals surface area contributed by atoms with Gasteiger partial charge in [-0.3, -0.25) is 9.59 Å². The third-order valence-corrected chi connectivity index (χ3v) is 3.22. The van der Waals surface area contributed by atoms with Crippen molar-refractivity contribution in [2.24, 2.45) is 0 Å². The summed E-state index contributed by atoms with van der Waals surface area (Å²) in [6.45, 7) is 4.02. The summed E-state index contributed by atoms with van der Waals surface area (Å²) in [5.74, 6) is -0.443. The number of carbonyl (C=O) groups excluding carboxylic acids is 2. The van der Waals surface area contributed by atoms with E-state index in [-0.39, 0.29) is 30.8 Å². The average molecular weight is 302 g/mol. The molecule has 3 atom stereocenters. The van der Waals surface area contributed by atoms with Crippen LogP contribution in [0.15, 0.2) is 0 Å². The summed E-state index contributed by atoms with van der Waals surface area (Å²) in [6.07, 6.45) is 2.35. The SMILES string of the molecule is CCCC(=O)OCC1CC(OC(=O)CCC)CC(OC)O1.